The van der Waals surface area contributed by atoms with Gasteiger partial charge in [0.1, 0.15) is 84.8 Å². The van der Waals surface area contributed by atoms with Gasteiger partial charge >= 0.3 is 266 Å². The molecule has 6 N–H and O–H groups in total. The van der Waals surface area contributed by atoms with Gasteiger partial charge < -0.3 is 74.4 Å². The van der Waals surface area contributed by atoms with Crippen LogP contribution in [-0.4, -0.2) is 95.5 Å². The van der Waals surface area contributed by atoms with Crippen molar-refractivity contribution in [3.8, 4) is 34.5 Å². The van der Waals surface area contributed by atoms with Crippen molar-refractivity contribution < 1.29 is 420 Å². The Morgan fingerprint density at radius 2 is 0.734 bits per heavy atom. The summed E-state index contributed by atoms with van der Waals surface area (Å²) in [4.78, 5) is -5.70. The zero-order valence-corrected chi connectivity index (χ0v) is 86.0. The summed E-state index contributed by atoms with van der Waals surface area (Å²) < 4.78 is 196. The minimum absolute atomic E-state index is 0. The molecule has 109 heavy (non-hydrogen) atoms. The molecule has 10 aromatic carbocycles. The fourth-order valence-corrected chi connectivity index (χ4v) is 13.8. The van der Waals surface area contributed by atoms with E-state index >= 15 is 0 Å². The summed E-state index contributed by atoms with van der Waals surface area (Å²) in [5.74, 6) is -6.57. The van der Waals surface area contributed by atoms with Crippen molar-refractivity contribution in [2.24, 2.45) is 30.7 Å². The predicted octanol–water partition coefficient (Wildman–Crippen LogP) is -19.1. The third-order valence-corrected chi connectivity index (χ3v) is 19.5. The van der Waals surface area contributed by atoms with Crippen molar-refractivity contribution in [1.82, 2.24) is 0 Å². The van der Waals surface area contributed by atoms with Gasteiger partial charge in [-0.25, -0.2) is 42.1 Å². The Balaban J connectivity index is 0. The van der Waals surface area contributed by atoms with Gasteiger partial charge in [-0.05, 0) is 112 Å². The first-order valence-electron chi connectivity index (χ1n) is 25.0. The zero-order valence-electron chi connectivity index (χ0n) is 56.3. The fourth-order valence-electron chi connectivity index (χ4n) is 9.08. The first kappa shape index (κ1) is 113. The molecule has 10 rings (SSSR count). The van der Waals surface area contributed by atoms with E-state index in [1.54, 1.807) is 30.3 Å². The molecule has 0 heterocycles. The van der Waals surface area contributed by atoms with E-state index in [1.165, 1.54) is 12.1 Å². The smallest absolute Gasteiger partial charge is 0.744 e. The number of halogens is 2. The van der Waals surface area contributed by atoms with Crippen LogP contribution in [0.1, 0.15) is 0 Å². The van der Waals surface area contributed by atoms with Crippen molar-refractivity contribution in [2.75, 3.05) is 0 Å². The molecule has 0 aliphatic carbocycles. The Hall–Kier alpha value is 2.03. The van der Waals surface area contributed by atoms with Crippen molar-refractivity contribution in [1.29, 1.82) is 0 Å². The van der Waals surface area contributed by atoms with E-state index in [0.717, 1.165) is 48.5 Å². The number of azo groups is 3. The Kier molecular flexibility index (Phi) is 51.7. The van der Waals surface area contributed by atoms with Crippen LogP contribution in [0.2, 0.25) is 0 Å². The summed E-state index contributed by atoms with van der Waals surface area (Å²) in [5, 5.41) is 142. The minimum Gasteiger partial charge on any atom is -0.744 e. The normalized spacial score (nSPS) is 11.5. The van der Waals surface area contributed by atoms with Crippen LogP contribution in [0.25, 0.3) is 53.9 Å². The summed E-state index contributed by atoms with van der Waals surface area (Å²) in [6, 6.07) is 20.7. The minimum atomic E-state index is -5.75. The Labute approximate surface area is 852 Å². The van der Waals surface area contributed by atoms with Crippen molar-refractivity contribution in [2.45, 2.75) is 44.1 Å². The average molecular weight is 1990 g/mol. The molecule has 0 saturated carbocycles. The van der Waals surface area contributed by atoms with Crippen LogP contribution >= 0.6 is 85.4 Å². The number of aromatic hydroxyl groups is 6. The van der Waals surface area contributed by atoms with E-state index in [0.29, 0.717) is 64.0 Å². The van der Waals surface area contributed by atoms with E-state index in [2.05, 4.69) is 105 Å². The number of fused-ring (bicyclic) bond motifs is 5. The third kappa shape index (κ3) is 28.6. The van der Waals surface area contributed by atoms with Crippen LogP contribution in [-0.2, 0) is 88.1 Å². The number of rotatable bonds is 23. The quantitative estimate of drug-likeness (QED) is 0.00659. The van der Waals surface area contributed by atoms with Gasteiger partial charge in [-0.1, -0.05) is 30.3 Å². The van der Waals surface area contributed by atoms with Crippen molar-refractivity contribution in [3.05, 3.63) is 115 Å². The van der Waals surface area contributed by atoms with Crippen molar-refractivity contribution >= 4 is 224 Å². The summed E-state index contributed by atoms with van der Waals surface area (Å²) >= 11 is 5.57. The summed E-state index contributed by atoms with van der Waals surface area (Å²) in [6.45, 7) is 0. The van der Waals surface area contributed by atoms with Gasteiger partial charge in [0.15, 0.2) is 23.0 Å². The maximum Gasteiger partial charge on any atom is 1.00 e. The average Bonchev–Trinajstić information content (AvgIpc) is 0.756. The molecule has 0 bridgehead atoms. The molecule has 10 aromatic rings. The second-order valence-electron chi connectivity index (χ2n) is 18.7. The van der Waals surface area contributed by atoms with E-state index in [1.807, 2.05) is 0 Å². The van der Waals surface area contributed by atoms with E-state index in [9.17, 15) is 117 Å². The van der Waals surface area contributed by atoms with E-state index in [4.69, 9.17) is 0 Å². The predicted molar refractivity (Wildman–Crippen MR) is 342 cm³/mol. The summed E-state index contributed by atoms with van der Waals surface area (Å²) in [5.41, 5.74) is -3.86. The summed E-state index contributed by atoms with van der Waals surface area (Å²) in [6.07, 6.45) is 0. The number of hydrogen-bond acceptors (Lipinski definition) is 43. The van der Waals surface area contributed by atoms with Gasteiger partial charge in [-0.3, -0.25) is 20.2 Å². The number of hydrogen-bond donors (Lipinski definition) is 6. The molecule has 0 atom stereocenters. The molecular weight excluding hydrogens is 1960 g/mol. The van der Waals surface area contributed by atoms with Crippen LogP contribution < -0.4 is 287 Å². The van der Waals surface area contributed by atoms with Gasteiger partial charge in [-0.2, -0.15) is 17.3 Å². The molecule has 0 saturated heterocycles. The van der Waals surface area contributed by atoms with Gasteiger partial charge in [-0.15, -0.1) is 30.7 Å². The molecule has 0 aliphatic heterocycles. The molecule has 59 heteroatoms. The molecule has 0 unspecified atom stereocenters. The van der Waals surface area contributed by atoms with E-state index < -0.39 is 160 Å². The van der Waals surface area contributed by atoms with Gasteiger partial charge in [0.2, 0.25) is 0 Å². The first-order chi connectivity index (χ1) is 47.1. The molecule has 0 aromatic heterocycles. The first-order valence-corrected chi connectivity index (χ1v) is 41.3. The number of phenols is 6. The Morgan fingerprint density at radius 1 is 0.321 bits per heavy atom. The maximum absolute atomic E-state index is 12.6. The van der Waals surface area contributed by atoms with Crippen LogP contribution in [0.3, 0.4) is 0 Å². The standard InChI is InChI=1S/C30H20N4O23S6.C20H14N2O10S3.I2.9Na/c35-17-8-14(59-56-53-41)1-10-4-19(60-57-54-42)25(30(39)24(10)17)32-31-16-7-13(58-55-52-40)2-11-5-20(62(46,47)48)26(29(38)22(11)16)33-34-27-23-12(6-21(28(27)37)63(49,50)51)3-15(9-18(23)36)61(43,44)45;23-20-18(35(28,29)30)10-11-9-12(34(25,26)27)5-6-13(11)19(20)22-21-16-7-8-17(33-32-31-24)15-4-2-1-3-14(15)16;1-2;;;;;;;;;/h1-9,35-42H,(H,43,44,45)(H,46,47,48)(H,49,50,51);1-10,23-24H,(H,25,26,27)(H,28,29,30);;;;;;;;;;/q;;;9*+1/p-9. The molecular formula is C50H25I2N6Na9O33S9. The molecule has 39 nitrogen and oxygen atoms in total. The van der Waals surface area contributed by atoms with Crippen LogP contribution in [0.15, 0.2) is 190 Å². The Morgan fingerprint density at radius 3 is 1.27 bits per heavy atom. The van der Waals surface area contributed by atoms with Crippen molar-refractivity contribution in [3.63, 3.8) is 0 Å². The Bertz CT molecular complexity index is 5660. The second-order valence-corrected chi connectivity index (χ2v) is 28.5. The van der Waals surface area contributed by atoms with Gasteiger partial charge in [0.05, 0.1) is 105 Å². The third-order valence-electron chi connectivity index (χ3n) is 13.0. The van der Waals surface area contributed by atoms with Crippen LogP contribution in [0.4, 0.5) is 34.1 Å². The number of benzene rings is 10. The van der Waals surface area contributed by atoms with E-state index in [-0.39, 0.29) is 332 Å². The SMILES string of the molecule is II.O=S(=O)([O-])c1cc(O)c2c(N=Nc3c(S(=O)(=O)[O-])cc4cc(SOO[O-])cc(N=Nc5c(SOO[O-])cc6cc(SOO[O-])cc(O)c6c5O)c4c3O)c(O)c(S(=O)(=O)[O-])cc2c1.O=S(=O)([O-])c1ccc2c(N=Nc3ccc(SOO[O-])c4ccccc34)c(O)c(S(=O)(=O)[O-])cc2c1.[Na+].[Na+].[Na+].[Na+].[Na+].[Na+].[Na+].[Na+].[Na+]. The molecule has 0 radical (unpaired) electrons. The van der Waals surface area contributed by atoms with Crippen LogP contribution in [0, 0.1) is 0 Å². The summed E-state index contributed by atoms with van der Waals surface area (Å²) in [7, 11) is -26.9. The topological polar surface area (TPSA) is 648 Å². The largest absolute Gasteiger partial charge is 1.00 e. The molecule has 0 aliphatic rings. The maximum atomic E-state index is 12.6. The van der Waals surface area contributed by atoms with Gasteiger partial charge in [0.25, 0.3) is 0 Å². The second kappa shape index (κ2) is 49.8. The molecule has 0 fully saturated rings. The van der Waals surface area contributed by atoms with Crippen LogP contribution in [0.5, 0.6) is 34.5 Å². The number of nitrogens with zero attached hydrogens (tertiary/aromatic N) is 6. The fraction of sp³-hybridized carbons (Fsp3) is 0. The monoisotopic (exact) mass is 1990 g/mol. The molecule has 0 spiro atoms. The molecule has 0 amide bonds. The zero-order chi connectivity index (χ0) is 73.6. The van der Waals surface area contributed by atoms with Gasteiger partial charge in [0, 0.05) is 62.7 Å². The molecule has 530 valence electrons. The number of phenolic OH excluding ortho intramolecular Hbond substituents is 6.